The number of furan rings is 1. The van der Waals surface area contributed by atoms with Crippen LogP contribution in [0.4, 0.5) is 5.13 Å². The van der Waals surface area contributed by atoms with Gasteiger partial charge in [-0.1, -0.05) is 23.5 Å². The lowest BCUT2D eigenvalue weighted by Gasteiger charge is -2.19. The van der Waals surface area contributed by atoms with E-state index in [1.165, 1.54) is 22.5 Å². The van der Waals surface area contributed by atoms with Gasteiger partial charge in [0.05, 0.1) is 43.7 Å². The molecule has 1 N–H and O–H groups in total. The van der Waals surface area contributed by atoms with Crippen LogP contribution in [0.5, 0.6) is 0 Å². The van der Waals surface area contributed by atoms with Crippen molar-refractivity contribution < 1.29 is 14.1 Å². The Morgan fingerprint density at radius 2 is 2.09 bits per heavy atom. The Bertz CT molecular complexity index is 732. The Hall–Kier alpha value is -2.18. The molecule has 6 heteroatoms. The van der Waals surface area contributed by atoms with Crippen molar-refractivity contribution in [3.8, 4) is 0 Å². The fourth-order valence-electron chi connectivity index (χ4n) is 2.13. The molecule has 0 atom stereocenters. The van der Waals surface area contributed by atoms with Gasteiger partial charge in [0, 0.05) is 0 Å². The molecular weight excluding hydrogens is 298 g/mol. The van der Waals surface area contributed by atoms with Gasteiger partial charge >= 0.3 is 0 Å². The Morgan fingerprint density at radius 3 is 2.77 bits per heavy atom. The number of carbonyl (C=O) groups excluding carboxylic acids is 1. The normalized spacial score (nSPS) is 11.2. The third-order valence-electron chi connectivity index (χ3n) is 3.33. The van der Waals surface area contributed by atoms with Crippen LogP contribution in [-0.4, -0.2) is 38.1 Å². The van der Waals surface area contributed by atoms with Gasteiger partial charge in [0.2, 0.25) is 0 Å². The third-order valence-corrected chi connectivity index (χ3v) is 4.39. The molecule has 3 aromatic rings. The second kappa shape index (κ2) is 6.29. The molecule has 22 heavy (non-hydrogen) atoms. The van der Waals surface area contributed by atoms with Gasteiger partial charge in [0.25, 0.3) is 5.91 Å². The minimum Gasteiger partial charge on any atom is -0.459 e. The maximum absolute atomic E-state index is 12.7. The van der Waals surface area contributed by atoms with Crippen LogP contribution in [-0.2, 0) is 0 Å². The van der Waals surface area contributed by atoms with Crippen LogP contribution in [0, 0.1) is 0 Å². The molecule has 1 aromatic carbocycles. The topological polar surface area (TPSA) is 50.8 Å². The Kier molecular flexibility index (Phi) is 4.22. The summed E-state index contributed by atoms with van der Waals surface area (Å²) in [5.41, 5.74) is 0.914. The number of benzene rings is 1. The van der Waals surface area contributed by atoms with Gasteiger partial charge in [-0.15, -0.1) is 0 Å². The molecule has 3 rings (SSSR count). The number of hydrogen-bond acceptors (Lipinski definition) is 4. The smallest absolute Gasteiger partial charge is 0.295 e. The van der Waals surface area contributed by atoms with Crippen LogP contribution < -0.4 is 9.80 Å². The van der Waals surface area contributed by atoms with Gasteiger partial charge in [-0.2, -0.15) is 0 Å². The van der Waals surface area contributed by atoms with Crippen molar-refractivity contribution in [3.63, 3.8) is 0 Å². The molecule has 0 aliphatic rings. The first kappa shape index (κ1) is 14.7. The molecule has 0 saturated heterocycles. The minimum atomic E-state index is -0.148. The van der Waals surface area contributed by atoms with Gasteiger partial charge < -0.3 is 9.32 Å². The highest BCUT2D eigenvalue weighted by molar-refractivity contribution is 7.22. The number of nitrogens with one attached hydrogen (secondary N) is 1. The monoisotopic (exact) mass is 316 g/mol. The predicted molar refractivity (Wildman–Crippen MR) is 87.7 cm³/mol. The fourth-order valence-corrected chi connectivity index (χ4v) is 3.12. The molecule has 0 saturated carbocycles. The van der Waals surface area contributed by atoms with E-state index in [2.05, 4.69) is 19.1 Å². The molecule has 0 bridgehead atoms. The molecule has 0 aliphatic carbocycles. The lowest BCUT2D eigenvalue weighted by Crippen LogP contribution is -3.06. The summed E-state index contributed by atoms with van der Waals surface area (Å²) in [4.78, 5) is 20.3. The number of thiazole rings is 1. The van der Waals surface area contributed by atoms with Crippen LogP contribution in [0.15, 0.2) is 47.1 Å². The number of quaternary nitrogens is 1. The molecule has 0 aliphatic heterocycles. The molecular formula is C16H18N3O2S+. The fraction of sp³-hybridized carbons (Fsp3) is 0.250. The molecule has 2 aromatic heterocycles. The highest BCUT2D eigenvalue weighted by Gasteiger charge is 2.23. The lowest BCUT2D eigenvalue weighted by atomic mass is 10.3. The standard InChI is InChI=1S/C16H17N3O2S/c1-18(2)9-10-19(15(20)13-7-5-11-21-13)16-17-12-6-3-4-8-14(12)22-16/h3-8,11H,9-10H2,1-2H3/p+1. The van der Waals surface area contributed by atoms with Crippen molar-refractivity contribution in [1.29, 1.82) is 0 Å². The summed E-state index contributed by atoms with van der Waals surface area (Å²) in [6.45, 7) is 1.43. The number of rotatable bonds is 5. The maximum atomic E-state index is 12.7. The number of carbonyl (C=O) groups is 1. The average molecular weight is 316 g/mol. The second-order valence-electron chi connectivity index (χ2n) is 5.36. The van der Waals surface area contributed by atoms with E-state index in [4.69, 9.17) is 4.42 Å². The summed E-state index contributed by atoms with van der Waals surface area (Å²) in [5.74, 6) is 0.193. The van der Waals surface area contributed by atoms with E-state index in [9.17, 15) is 4.79 Å². The van der Waals surface area contributed by atoms with Gasteiger partial charge in [-0.25, -0.2) is 4.98 Å². The van der Waals surface area contributed by atoms with Gasteiger partial charge in [0.1, 0.15) is 0 Å². The second-order valence-corrected chi connectivity index (χ2v) is 6.36. The summed E-state index contributed by atoms with van der Waals surface area (Å²) in [5, 5.41) is 0.712. The highest BCUT2D eigenvalue weighted by Crippen LogP contribution is 2.29. The van der Waals surface area contributed by atoms with Crippen LogP contribution in [0.2, 0.25) is 0 Å². The number of para-hydroxylation sites is 1. The number of hydrogen-bond donors (Lipinski definition) is 1. The van der Waals surface area contributed by atoms with Crippen molar-refractivity contribution in [3.05, 3.63) is 48.4 Å². The van der Waals surface area contributed by atoms with Crippen molar-refractivity contribution in [2.24, 2.45) is 0 Å². The van der Waals surface area contributed by atoms with Crippen molar-refractivity contribution >= 4 is 32.6 Å². The molecule has 0 radical (unpaired) electrons. The zero-order valence-corrected chi connectivity index (χ0v) is 13.4. The molecule has 114 valence electrons. The van der Waals surface area contributed by atoms with E-state index in [1.54, 1.807) is 17.0 Å². The largest absolute Gasteiger partial charge is 0.459 e. The first-order chi connectivity index (χ1) is 10.6. The lowest BCUT2D eigenvalue weighted by molar-refractivity contribution is -0.856. The molecule has 0 spiro atoms. The summed E-state index contributed by atoms with van der Waals surface area (Å²) in [7, 11) is 4.13. The summed E-state index contributed by atoms with van der Waals surface area (Å²) >= 11 is 1.53. The number of anilines is 1. The van der Waals surface area contributed by atoms with Crippen molar-refractivity contribution in [2.45, 2.75) is 0 Å². The number of fused-ring (bicyclic) bond motifs is 1. The van der Waals surface area contributed by atoms with E-state index in [0.29, 0.717) is 17.4 Å². The van der Waals surface area contributed by atoms with Crippen LogP contribution in [0.1, 0.15) is 10.6 Å². The Morgan fingerprint density at radius 1 is 1.27 bits per heavy atom. The van der Waals surface area contributed by atoms with Gasteiger partial charge in [-0.3, -0.25) is 9.69 Å². The molecule has 0 unspecified atom stereocenters. The van der Waals surface area contributed by atoms with Crippen LogP contribution >= 0.6 is 11.3 Å². The Labute approximate surface area is 132 Å². The number of aromatic nitrogens is 1. The van der Waals surface area contributed by atoms with E-state index in [0.717, 1.165) is 16.8 Å². The number of nitrogens with zero attached hydrogens (tertiary/aromatic N) is 2. The quantitative estimate of drug-likeness (QED) is 0.779. The molecule has 2 heterocycles. The maximum Gasteiger partial charge on any atom is 0.295 e. The Balaban J connectivity index is 1.95. The summed E-state index contributed by atoms with van der Waals surface area (Å²) < 4.78 is 6.33. The minimum absolute atomic E-state index is 0.148. The van der Waals surface area contributed by atoms with Crippen molar-refractivity contribution in [1.82, 2.24) is 4.98 Å². The first-order valence-electron chi connectivity index (χ1n) is 7.15. The number of likely N-dealkylation sites (N-methyl/N-ethyl adjacent to an activating group) is 1. The van der Waals surface area contributed by atoms with Crippen LogP contribution in [0.25, 0.3) is 10.2 Å². The van der Waals surface area contributed by atoms with Crippen molar-refractivity contribution in [2.75, 3.05) is 32.1 Å². The zero-order valence-electron chi connectivity index (χ0n) is 12.6. The van der Waals surface area contributed by atoms with E-state index < -0.39 is 0 Å². The average Bonchev–Trinajstić information content (AvgIpc) is 3.16. The first-order valence-corrected chi connectivity index (χ1v) is 7.97. The summed E-state index contributed by atoms with van der Waals surface area (Å²) in [6.07, 6.45) is 1.51. The zero-order chi connectivity index (χ0) is 15.5. The SMILES string of the molecule is C[NH+](C)CCN(C(=O)c1ccco1)c1nc2ccccc2s1. The number of amides is 1. The van der Waals surface area contributed by atoms with E-state index in [-0.39, 0.29) is 5.91 Å². The van der Waals surface area contributed by atoms with E-state index >= 15 is 0 Å². The predicted octanol–water partition coefficient (Wildman–Crippen LogP) is 1.68. The van der Waals surface area contributed by atoms with E-state index in [1.807, 2.05) is 24.3 Å². The molecule has 1 amide bonds. The van der Waals surface area contributed by atoms with Crippen LogP contribution in [0.3, 0.4) is 0 Å². The van der Waals surface area contributed by atoms with Gasteiger partial charge in [-0.05, 0) is 24.3 Å². The highest BCUT2D eigenvalue weighted by atomic mass is 32.1. The molecule has 5 nitrogen and oxygen atoms in total. The third kappa shape index (κ3) is 3.03. The molecule has 0 fully saturated rings. The summed E-state index contributed by atoms with van der Waals surface area (Å²) in [6, 6.07) is 11.3. The van der Waals surface area contributed by atoms with Gasteiger partial charge in [0.15, 0.2) is 10.9 Å².